The summed E-state index contributed by atoms with van der Waals surface area (Å²) >= 11 is 0. The first kappa shape index (κ1) is 43.8. The Morgan fingerprint density at radius 3 is 0.955 bits per heavy atom. The largest absolute Gasteiger partial charge is 0.530 e. The second-order valence-corrected chi connectivity index (χ2v) is 20.6. The highest BCUT2D eigenvalue weighted by atomic mass is 31.2. The fourth-order valence-electron chi connectivity index (χ4n) is 9.39. The second-order valence-electron chi connectivity index (χ2n) is 18.6. The van der Waals surface area contributed by atoms with E-state index in [0.717, 1.165) is 100 Å². The molecule has 2 aliphatic rings. The van der Waals surface area contributed by atoms with Crippen LogP contribution < -0.4 is 27.1 Å². The molecule has 0 aromatic heterocycles. The summed E-state index contributed by atoms with van der Waals surface area (Å²) in [5, 5.41) is 4.11. The molecule has 8 heteroatoms. The summed E-state index contributed by atoms with van der Waals surface area (Å²) in [7, 11) is -4.10. The lowest BCUT2D eigenvalue weighted by Gasteiger charge is -2.29. The van der Waals surface area contributed by atoms with Gasteiger partial charge in [-0.3, -0.25) is 0 Å². The van der Waals surface area contributed by atoms with E-state index in [1.807, 2.05) is 12.1 Å². The smallest absolute Gasteiger partial charge is 0.408 e. The molecule has 0 bridgehead atoms. The van der Waals surface area contributed by atoms with Gasteiger partial charge in [0.05, 0.1) is 0 Å². The Kier molecular flexibility index (Phi) is 12.2. The molecule has 0 atom stereocenters. The van der Waals surface area contributed by atoms with Gasteiger partial charge in [0.2, 0.25) is 0 Å². The molecule has 2 aliphatic heterocycles. The van der Waals surface area contributed by atoms with Crippen LogP contribution in [0.25, 0.3) is 32.7 Å². The zero-order valence-corrected chi connectivity index (χ0v) is 40.7. The maximum Gasteiger partial charge on any atom is 0.530 e. The molecule has 8 aromatic rings. The van der Waals surface area contributed by atoms with Gasteiger partial charge in [0.25, 0.3) is 0 Å². The van der Waals surface area contributed by atoms with Crippen molar-refractivity contribution < 1.29 is 27.1 Å². The van der Waals surface area contributed by atoms with Crippen LogP contribution in [0, 0.1) is 0 Å². The Balaban J connectivity index is 1.16. The first-order valence-electron chi connectivity index (χ1n) is 23.2. The molecule has 0 radical (unpaired) electrons. The molecule has 8 aromatic carbocycles. The van der Waals surface area contributed by atoms with Crippen LogP contribution >= 0.6 is 17.2 Å². The van der Waals surface area contributed by atoms with Gasteiger partial charge in [0.15, 0.2) is 0 Å². The zero-order valence-electron chi connectivity index (χ0n) is 38.9. The summed E-state index contributed by atoms with van der Waals surface area (Å²) < 4.78 is 42.9. The monoisotopic (exact) mass is 910 g/mol. The van der Waals surface area contributed by atoms with Gasteiger partial charge in [-0.05, 0) is 102 Å². The molecule has 0 fully saturated rings. The normalized spacial score (nSPS) is 13.9. The Hall–Kier alpha value is -6.06. The number of benzene rings is 8. The molecular weight excluding hydrogens is 855 g/mol. The van der Waals surface area contributed by atoms with Crippen molar-refractivity contribution in [2.24, 2.45) is 0 Å². The SMILES string of the molecule is CC(C)c1cccc2c1OP(Oc1ccc3ccccc3c1-c1c(OP3Oc4c(cccc4C(C)C)Cc4cccc(C(C)C)c4O3)ccc3ccccc13)Oc1c(cccc1C(C)C)C2. The zero-order chi connectivity index (χ0) is 45.6. The Bertz CT molecular complexity index is 2770. The van der Waals surface area contributed by atoms with Crippen molar-refractivity contribution in [3.63, 3.8) is 0 Å². The van der Waals surface area contributed by atoms with Gasteiger partial charge in [0.1, 0.15) is 34.5 Å². The number of para-hydroxylation sites is 4. The Labute approximate surface area is 391 Å². The van der Waals surface area contributed by atoms with E-state index in [-0.39, 0.29) is 23.7 Å². The quantitative estimate of drug-likeness (QED) is 0.135. The van der Waals surface area contributed by atoms with Crippen LogP contribution in [0.4, 0.5) is 0 Å². The van der Waals surface area contributed by atoms with Crippen molar-refractivity contribution in [3.8, 4) is 45.6 Å². The van der Waals surface area contributed by atoms with Crippen molar-refractivity contribution in [1.82, 2.24) is 0 Å². The lowest BCUT2D eigenvalue weighted by molar-refractivity contribution is 0.374. The minimum Gasteiger partial charge on any atom is -0.408 e. The van der Waals surface area contributed by atoms with Gasteiger partial charge in [-0.25, -0.2) is 0 Å². The molecule has 2 heterocycles. The topological polar surface area (TPSA) is 55.4 Å². The lowest BCUT2D eigenvalue weighted by atomic mass is 9.92. The molecule has 0 aliphatic carbocycles. The Morgan fingerprint density at radius 2 is 0.652 bits per heavy atom. The number of fused-ring (bicyclic) bond motifs is 6. The third-order valence-corrected chi connectivity index (χ3v) is 14.8. The van der Waals surface area contributed by atoms with Crippen molar-refractivity contribution in [2.45, 2.75) is 91.9 Å². The molecule has 0 spiro atoms. The first-order valence-corrected chi connectivity index (χ1v) is 25.4. The molecule has 0 saturated carbocycles. The highest BCUT2D eigenvalue weighted by molar-refractivity contribution is 7.43. The van der Waals surface area contributed by atoms with Crippen LogP contribution in [0.2, 0.25) is 0 Å². The van der Waals surface area contributed by atoms with E-state index in [1.165, 1.54) is 0 Å². The predicted molar refractivity (Wildman–Crippen MR) is 272 cm³/mol. The predicted octanol–water partition coefficient (Wildman–Crippen LogP) is 17.5. The van der Waals surface area contributed by atoms with E-state index < -0.39 is 17.2 Å². The van der Waals surface area contributed by atoms with E-state index >= 15 is 0 Å². The molecule has 0 saturated heterocycles. The Morgan fingerprint density at radius 1 is 0.348 bits per heavy atom. The summed E-state index contributed by atoms with van der Waals surface area (Å²) in [5.41, 5.74) is 10.6. The number of hydrogen-bond acceptors (Lipinski definition) is 6. The van der Waals surface area contributed by atoms with Gasteiger partial charge in [-0.1, -0.05) is 189 Å². The minimum absolute atomic E-state index is 0.219. The molecule has 0 amide bonds. The highest BCUT2D eigenvalue weighted by Crippen LogP contribution is 2.57. The number of hydrogen-bond donors (Lipinski definition) is 0. The van der Waals surface area contributed by atoms with Crippen LogP contribution in [0.5, 0.6) is 34.5 Å². The average molecular weight is 911 g/mol. The third kappa shape index (κ3) is 8.36. The van der Waals surface area contributed by atoms with Crippen molar-refractivity contribution in [1.29, 1.82) is 0 Å². The van der Waals surface area contributed by atoms with E-state index in [2.05, 4.69) is 189 Å². The third-order valence-electron chi connectivity index (χ3n) is 12.8. The molecule has 0 unspecified atom stereocenters. The van der Waals surface area contributed by atoms with Crippen LogP contribution in [0.3, 0.4) is 0 Å². The molecule has 334 valence electrons. The summed E-state index contributed by atoms with van der Waals surface area (Å²) in [4.78, 5) is 0. The maximum atomic E-state index is 7.28. The number of rotatable bonds is 9. The van der Waals surface area contributed by atoms with E-state index in [4.69, 9.17) is 27.1 Å². The maximum absolute atomic E-state index is 7.28. The standard InChI is InChI=1S/C58H56O6P2/c1-35(2)45-25-13-19-41-33-42-20-14-26-46(36(3)4)56(42)62-65(61-55(41)45)59-51-31-29-39-17-9-11-23-49(39)53(51)54-50-24-12-10-18-40(50)30-32-52(54)60-66-63-57-43(21-15-27-47(57)37(5)6)34-44-22-16-28-48(38(7)8)58(44)64-66/h9-32,35-38H,33-34H2,1-8H3. The first-order chi connectivity index (χ1) is 32.0. The lowest BCUT2D eigenvalue weighted by Crippen LogP contribution is -2.13. The average Bonchev–Trinajstić information content (AvgIpc) is 3.29. The van der Waals surface area contributed by atoms with Crippen molar-refractivity contribution in [3.05, 3.63) is 190 Å². The summed E-state index contributed by atoms with van der Waals surface area (Å²) in [6.07, 6.45) is 1.37. The van der Waals surface area contributed by atoms with E-state index in [1.54, 1.807) is 0 Å². The van der Waals surface area contributed by atoms with E-state index in [0.29, 0.717) is 24.3 Å². The summed E-state index contributed by atoms with van der Waals surface area (Å²) in [5.74, 6) is 5.37. The van der Waals surface area contributed by atoms with Crippen LogP contribution in [0.15, 0.2) is 146 Å². The molecule has 10 rings (SSSR count). The van der Waals surface area contributed by atoms with Crippen LogP contribution in [-0.4, -0.2) is 0 Å². The summed E-state index contributed by atoms with van der Waals surface area (Å²) in [6, 6.07) is 51.0. The minimum atomic E-state index is -2.05. The van der Waals surface area contributed by atoms with Gasteiger partial charge in [-0.2, -0.15) is 0 Å². The van der Waals surface area contributed by atoms with Gasteiger partial charge >= 0.3 is 17.2 Å². The van der Waals surface area contributed by atoms with Gasteiger partial charge < -0.3 is 27.1 Å². The molecule has 66 heavy (non-hydrogen) atoms. The molecule has 0 N–H and O–H groups in total. The van der Waals surface area contributed by atoms with Crippen LogP contribution in [-0.2, 0) is 12.8 Å². The molecule has 6 nitrogen and oxygen atoms in total. The fraction of sp³-hybridized carbons (Fsp3) is 0.241. The second kappa shape index (κ2) is 18.3. The fourth-order valence-corrected chi connectivity index (χ4v) is 11.7. The summed E-state index contributed by atoms with van der Waals surface area (Å²) in [6.45, 7) is 17.6. The van der Waals surface area contributed by atoms with E-state index in [9.17, 15) is 0 Å². The van der Waals surface area contributed by atoms with Crippen molar-refractivity contribution >= 4 is 38.7 Å². The van der Waals surface area contributed by atoms with Crippen LogP contribution in [0.1, 0.15) is 124 Å². The van der Waals surface area contributed by atoms with Gasteiger partial charge in [-0.15, -0.1) is 0 Å². The van der Waals surface area contributed by atoms with Gasteiger partial charge in [0, 0.05) is 24.0 Å². The molecular formula is C58H56O6P2. The van der Waals surface area contributed by atoms with Crippen molar-refractivity contribution in [2.75, 3.05) is 0 Å². The highest BCUT2D eigenvalue weighted by Gasteiger charge is 2.34.